The Kier molecular flexibility index (Phi) is 8.95. The first-order chi connectivity index (χ1) is 18.9. The minimum absolute atomic E-state index is 0.0441. The molecule has 0 N–H and O–H groups in total. The van der Waals surface area contributed by atoms with E-state index in [0.29, 0.717) is 24.7 Å². The predicted octanol–water partition coefficient (Wildman–Crippen LogP) is 7.51. The molecule has 0 bridgehead atoms. The first kappa shape index (κ1) is 32.2. The molecule has 4 aliphatic rings. The van der Waals surface area contributed by atoms with Crippen LogP contribution in [0, 0.1) is 46.3 Å². The number of fused-ring (bicyclic) bond motifs is 5. The molecule has 6 nitrogen and oxygen atoms in total. The minimum Gasteiger partial charge on any atom is -0.460 e. The molecule has 0 aromatic heterocycles. The third kappa shape index (κ3) is 6.18. The van der Waals surface area contributed by atoms with Crippen LogP contribution >= 0.6 is 0 Å². The lowest BCUT2D eigenvalue weighted by molar-refractivity contribution is -0.263. The average molecular weight is 583 g/mol. The summed E-state index contributed by atoms with van der Waals surface area (Å²) >= 11 is 0. The van der Waals surface area contributed by atoms with Gasteiger partial charge in [-0.05, 0) is 99.7 Å². The maximum Gasteiger partial charge on any atom is 0.303 e. The maximum atomic E-state index is 16.5. The lowest BCUT2D eigenvalue weighted by atomic mass is 9.43. The lowest BCUT2D eigenvalue weighted by Gasteiger charge is -2.64. The van der Waals surface area contributed by atoms with Crippen LogP contribution in [0.15, 0.2) is 0 Å². The van der Waals surface area contributed by atoms with Crippen LogP contribution in [0.1, 0.15) is 120 Å². The van der Waals surface area contributed by atoms with E-state index in [-0.39, 0.29) is 29.6 Å². The van der Waals surface area contributed by atoms with Crippen LogP contribution in [0.3, 0.4) is 0 Å². The van der Waals surface area contributed by atoms with Gasteiger partial charge in [0.25, 0.3) is 5.92 Å². The number of carbonyl (C=O) groups excluding carboxylic acids is 3. The van der Waals surface area contributed by atoms with Crippen molar-refractivity contribution in [3.63, 3.8) is 0 Å². The van der Waals surface area contributed by atoms with Gasteiger partial charge in [0.2, 0.25) is 0 Å². The summed E-state index contributed by atoms with van der Waals surface area (Å²) in [6, 6.07) is 0. The molecule has 4 saturated carbocycles. The van der Waals surface area contributed by atoms with Gasteiger partial charge in [-0.3, -0.25) is 14.4 Å². The third-order valence-corrected chi connectivity index (χ3v) is 11.9. The van der Waals surface area contributed by atoms with Crippen molar-refractivity contribution in [2.75, 3.05) is 0 Å². The number of hydrogen-bond acceptors (Lipinski definition) is 6. The Morgan fingerprint density at radius 3 is 2.07 bits per heavy atom. The van der Waals surface area contributed by atoms with Gasteiger partial charge in [-0.15, -0.1) is 0 Å². The van der Waals surface area contributed by atoms with Gasteiger partial charge in [0.05, 0.1) is 0 Å². The Morgan fingerprint density at radius 1 is 0.854 bits per heavy atom. The number of rotatable bonds is 8. The molecule has 0 aliphatic heterocycles. The minimum atomic E-state index is -2.89. The number of esters is 3. The molecule has 4 aliphatic carbocycles. The van der Waals surface area contributed by atoms with E-state index in [1.807, 2.05) is 13.8 Å². The second kappa shape index (κ2) is 11.4. The molecule has 0 radical (unpaired) electrons. The van der Waals surface area contributed by atoms with Crippen molar-refractivity contribution in [1.29, 1.82) is 0 Å². The van der Waals surface area contributed by atoms with Crippen LogP contribution in [-0.2, 0) is 28.6 Å². The highest BCUT2D eigenvalue weighted by Crippen LogP contribution is 2.71. The molecular formula is C33H52F2O6. The smallest absolute Gasteiger partial charge is 0.303 e. The molecule has 0 aromatic rings. The van der Waals surface area contributed by atoms with Gasteiger partial charge in [-0.25, -0.2) is 8.78 Å². The second-order valence-electron chi connectivity index (χ2n) is 15.0. The fourth-order valence-electron chi connectivity index (χ4n) is 10.3. The molecule has 234 valence electrons. The van der Waals surface area contributed by atoms with Crippen molar-refractivity contribution in [2.24, 2.45) is 46.3 Å². The highest BCUT2D eigenvalue weighted by molar-refractivity contribution is 5.67. The summed E-state index contributed by atoms with van der Waals surface area (Å²) in [7, 11) is 0. The predicted molar refractivity (Wildman–Crippen MR) is 151 cm³/mol. The summed E-state index contributed by atoms with van der Waals surface area (Å²) in [5, 5.41) is 0. The number of ether oxygens (including phenoxy) is 3. The number of hydrogen-bond donors (Lipinski definition) is 0. The molecule has 0 saturated heterocycles. The van der Waals surface area contributed by atoms with E-state index in [1.165, 1.54) is 20.8 Å². The monoisotopic (exact) mass is 582 g/mol. The highest BCUT2D eigenvalue weighted by atomic mass is 19.3. The van der Waals surface area contributed by atoms with E-state index in [2.05, 4.69) is 20.8 Å². The first-order valence-corrected chi connectivity index (χ1v) is 15.8. The van der Waals surface area contributed by atoms with Crippen LogP contribution in [0.4, 0.5) is 8.78 Å². The average Bonchev–Trinajstić information content (AvgIpc) is 3.17. The van der Waals surface area contributed by atoms with Gasteiger partial charge in [-0.1, -0.05) is 27.2 Å². The molecule has 41 heavy (non-hydrogen) atoms. The van der Waals surface area contributed by atoms with Crippen LogP contribution in [0.5, 0.6) is 0 Å². The normalized spacial score (nSPS) is 40.4. The third-order valence-electron chi connectivity index (χ3n) is 11.9. The van der Waals surface area contributed by atoms with Crippen LogP contribution in [-0.4, -0.2) is 41.6 Å². The van der Waals surface area contributed by atoms with E-state index in [9.17, 15) is 14.4 Å². The molecule has 1 unspecified atom stereocenters. The second-order valence-corrected chi connectivity index (χ2v) is 15.0. The Bertz CT molecular complexity index is 1010. The van der Waals surface area contributed by atoms with Crippen molar-refractivity contribution < 1.29 is 37.4 Å². The Morgan fingerprint density at radius 2 is 1.46 bits per heavy atom. The van der Waals surface area contributed by atoms with Crippen molar-refractivity contribution in [3.8, 4) is 0 Å². The highest BCUT2D eigenvalue weighted by Gasteiger charge is 2.70. The zero-order valence-electron chi connectivity index (χ0n) is 26.4. The van der Waals surface area contributed by atoms with Crippen LogP contribution in [0.25, 0.3) is 0 Å². The van der Waals surface area contributed by atoms with E-state index in [0.717, 1.165) is 44.9 Å². The summed E-state index contributed by atoms with van der Waals surface area (Å²) in [6.45, 7) is 14.6. The molecule has 0 heterocycles. The summed E-state index contributed by atoms with van der Waals surface area (Å²) in [5.41, 5.74) is -1.04. The SMILES string of the molecule is CC(=O)O[C@H]1[C@@H](OC(C)=O)CC[C@@]2(C)[C@H]1CC(F)(F)[C@@H]1[C@@H]2CC[C@]2(C)[C@@H](C(C)CCCC(C)(C)OC(C)=O)CC[C@@H]12. The molecule has 0 spiro atoms. The van der Waals surface area contributed by atoms with Crippen LogP contribution < -0.4 is 0 Å². The quantitative estimate of drug-likeness (QED) is 0.218. The van der Waals surface area contributed by atoms with Gasteiger partial charge in [0, 0.05) is 39.0 Å². The molecule has 0 amide bonds. The van der Waals surface area contributed by atoms with Crippen LogP contribution in [0.2, 0.25) is 0 Å². The summed E-state index contributed by atoms with van der Waals surface area (Å²) in [4.78, 5) is 35.3. The number of carbonyl (C=O) groups is 3. The topological polar surface area (TPSA) is 78.9 Å². The first-order valence-electron chi connectivity index (χ1n) is 15.8. The van der Waals surface area contributed by atoms with Gasteiger partial charge in [0.1, 0.15) is 17.8 Å². The number of alkyl halides is 2. The molecule has 4 rings (SSSR count). The Balaban J connectivity index is 1.53. The van der Waals surface area contributed by atoms with E-state index in [1.54, 1.807) is 0 Å². The van der Waals surface area contributed by atoms with Gasteiger partial charge in [0.15, 0.2) is 0 Å². The van der Waals surface area contributed by atoms with Gasteiger partial charge < -0.3 is 14.2 Å². The molecule has 8 heteroatoms. The Hall–Kier alpha value is -1.73. The standard InChI is InChI=1S/C33H52F2O6/c1-19(10-9-15-30(5,6)41-22(4)38)23-11-12-24-28-25(13-16-31(23,24)7)32(8)17-14-27(39-20(2)36)29(40-21(3)37)26(32)18-33(28,34)35/h19,23-29H,9-18H2,1-8H3/t19?,23-,24+,25+,26+,27+,28+,29-,31-,32-/m1/s1. The summed E-state index contributed by atoms with van der Waals surface area (Å²) in [5.74, 6) is -4.82. The van der Waals surface area contributed by atoms with E-state index in [4.69, 9.17) is 14.2 Å². The van der Waals surface area contributed by atoms with Gasteiger partial charge >= 0.3 is 17.9 Å². The lowest BCUT2D eigenvalue weighted by Crippen LogP contribution is -2.64. The largest absolute Gasteiger partial charge is 0.460 e. The summed E-state index contributed by atoms with van der Waals surface area (Å²) < 4.78 is 49.6. The fraction of sp³-hybridized carbons (Fsp3) is 0.909. The molecular weight excluding hydrogens is 530 g/mol. The summed E-state index contributed by atoms with van der Waals surface area (Å²) in [6.07, 6.45) is 5.52. The van der Waals surface area contributed by atoms with Crippen molar-refractivity contribution in [3.05, 3.63) is 0 Å². The Labute approximate surface area is 245 Å². The van der Waals surface area contributed by atoms with Crippen molar-refractivity contribution in [1.82, 2.24) is 0 Å². The fourth-order valence-corrected chi connectivity index (χ4v) is 10.3. The van der Waals surface area contributed by atoms with E-state index < -0.39 is 52.9 Å². The number of halogens is 2. The molecule has 0 aromatic carbocycles. The van der Waals surface area contributed by atoms with E-state index >= 15 is 8.78 Å². The molecule has 4 fully saturated rings. The zero-order chi connectivity index (χ0) is 30.5. The maximum absolute atomic E-state index is 16.5. The zero-order valence-corrected chi connectivity index (χ0v) is 26.4. The van der Waals surface area contributed by atoms with Crippen molar-refractivity contribution in [2.45, 2.75) is 143 Å². The molecule has 10 atom stereocenters. The van der Waals surface area contributed by atoms with Crippen molar-refractivity contribution >= 4 is 17.9 Å². The van der Waals surface area contributed by atoms with Gasteiger partial charge in [-0.2, -0.15) is 0 Å².